The standard InChI is InChI=1S/C13H19N3O3/c1-8-3-4-10(9(2)7-8)15-16-11(13(18)19)5-6-12(14)17/h3-4,7,11,15-16H,5-6H2,1-2H3,(H2,14,17)(H,18,19)/t11-/m0/s1. The largest absolute Gasteiger partial charge is 0.480 e. The summed E-state index contributed by atoms with van der Waals surface area (Å²) in [6.07, 6.45) is 0.168. The molecule has 0 heterocycles. The molecule has 6 heteroatoms. The number of carbonyl (C=O) groups is 2. The van der Waals surface area contributed by atoms with Crippen LogP contribution in [0.2, 0.25) is 0 Å². The van der Waals surface area contributed by atoms with E-state index < -0.39 is 17.9 Å². The van der Waals surface area contributed by atoms with E-state index >= 15 is 0 Å². The first kappa shape index (κ1) is 15.0. The monoisotopic (exact) mass is 265 g/mol. The van der Waals surface area contributed by atoms with Gasteiger partial charge in [0.05, 0.1) is 5.69 Å². The van der Waals surface area contributed by atoms with E-state index in [0.717, 1.165) is 16.8 Å². The van der Waals surface area contributed by atoms with Crippen LogP contribution in [0.15, 0.2) is 18.2 Å². The molecule has 19 heavy (non-hydrogen) atoms. The Morgan fingerprint density at radius 3 is 2.58 bits per heavy atom. The molecule has 0 aliphatic heterocycles. The van der Waals surface area contributed by atoms with Crippen molar-refractivity contribution in [3.8, 4) is 0 Å². The first-order valence-corrected chi connectivity index (χ1v) is 6.00. The molecule has 0 aliphatic rings. The van der Waals surface area contributed by atoms with E-state index in [9.17, 15) is 9.59 Å². The predicted molar refractivity (Wildman–Crippen MR) is 72.5 cm³/mol. The molecule has 5 N–H and O–H groups in total. The Kier molecular flexibility index (Phi) is 5.32. The molecule has 104 valence electrons. The van der Waals surface area contributed by atoms with Gasteiger partial charge in [-0.3, -0.25) is 9.59 Å². The summed E-state index contributed by atoms with van der Waals surface area (Å²) < 4.78 is 0. The van der Waals surface area contributed by atoms with Gasteiger partial charge >= 0.3 is 5.97 Å². The zero-order chi connectivity index (χ0) is 14.4. The van der Waals surface area contributed by atoms with Crippen LogP contribution < -0.4 is 16.6 Å². The fourth-order valence-electron chi connectivity index (χ4n) is 1.66. The average molecular weight is 265 g/mol. The number of aryl methyl sites for hydroxylation is 2. The van der Waals surface area contributed by atoms with Gasteiger partial charge in [-0.1, -0.05) is 17.7 Å². The van der Waals surface area contributed by atoms with Gasteiger partial charge in [0.2, 0.25) is 5.91 Å². The van der Waals surface area contributed by atoms with E-state index in [4.69, 9.17) is 10.8 Å². The topological polar surface area (TPSA) is 104 Å². The second kappa shape index (κ2) is 6.75. The molecule has 0 saturated heterocycles. The van der Waals surface area contributed by atoms with E-state index in [1.807, 2.05) is 32.0 Å². The number of benzene rings is 1. The van der Waals surface area contributed by atoms with Gasteiger partial charge in [-0.2, -0.15) is 0 Å². The average Bonchev–Trinajstić information content (AvgIpc) is 2.30. The van der Waals surface area contributed by atoms with Crippen LogP contribution in [0.1, 0.15) is 24.0 Å². The minimum atomic E-state index is -1.03. The van der Waals surface area contributed by atoms with Crippen LogP contribution in [-0.4, -0.2) is 23.0 Å². The molecule has 1 amide bonds. The third kappa shape index (κ3) is 4.97. The Morgan fingerprint density at radius 2 is 2.05 bits per heavy atom. The summed E-state index contributed by atoms with van der Waals surface area (Å²) in [6.45, 7) is 3.91. The molecule has 0 radical (unpaired) electrons. The SMILES string of the molecule is Cc1ccc(NN[C@@H](CCC(N)=O)C(=O)O)c(C)c1. The lowest BCUT2D eigenvalue weighted by atomic mass is 10.1. The number of hydrogen-bond acceptors (Lipinski definition) is 4. The van der Waals surface area contributed by atoms with Crippen molar-refractivity contribution in [3.63, 3.8) is 0 Å². The number of nitrogens with one attached hydrogen (secondary N) is 2. The number of aliphatic carboxylic acids is 1. The zero-order valence-corrected chi connectivity index (χ0v) is 11.1. The lowest BCUT2D eigenvalue weighted by Crippen LogP contribution is -2.41. The maximum Gasteiger partial charge on any atom is 0.322 e. The minimum absolute atomic E-state index is 0.0263. The van der Waals surface area contributed by atoms with Gasteiger partial charge in [0.15, 0.2) is 0 Å². The van der Waals surface area contributed by atoms with Crippen molar-refractivity contribution in [1.82, 2.24) is 5.43 Å². The van der Waals surface area contributed by atoms with Crippen molar-refractivity contribution in [2.45, 2.75) is 32.7 Å². The number of nitrogens with two attached hydrogens (primary N) is 1. The van der Waals surface area contributed by atoms with Crippen LogP contribution in [-0.2, 0) is 9.59 Å². The van der Waals surface area contributed by atoms with Crippen LogP contribution in [0.5, 0.6) is 0 Å². The van der Waals surface area contributed by atoms with Crippen molar-refractivity contribution in [2.24, 2.45) is 5.73 Å². The minimum Gasteiger partial charge on any atom is -0.480 e. The number of carboxylic acids is 1. The van der Waals surface area contributed by atoms with Gasteiger partial charge in [0, 0.05) is 6.42 Å². The van der Waals surface area contributed by atoms with Crippen molar-refractivity contribution >= 4 is 17.6 Å². The second-order valence-corrected chi connectivity index (χ2v) is 4.48. The number of carbonyl (C=O) groups excluding carboxylic acids is 1. The molecule has 1 atom stereocenters. The fourth-order valence-corrected chi connectivity index (χ4v) is 1.66. The lowest BCUT2D eigenvalue weighted by molar-refractivity contribution is -0.139. The van der Waals surface area contributed by atoms with E-state index in [1.165, 1.54) is 0 Å². The molecule has 1 aromatic rings. The van der Waals surface area contributed by atoms with Crippen LogP contribution in [0.3, 0.4) is 0 Å². The molecule has 0 saturated carbocycles. The molecule has 0 fully saturated rings. The Hall–Kier alpha value is -2.08. The Morgan fingerprint density at radius 1 is 1.37 bits per heavy atom. The highest BCUT2D eigenvalue weighted by molar-refractivity contribution is 5.77. The number of anilines is 1. The van der Waals surface area contributed by atoms with Gasteiger partial charge in [-0.15, -0.1) is 0 Å². The second-order valence-electron chi connectivity index (χ2n) is 4.48. The normalized spacial score (nSPS) is 11.9. The van der Waals surface area contributed by atoms with Crippen molar-refractivity contribution < 1.29 is 14.7 Å². The Balaban J connectivity index is 2.60. The molecular formula is C13H19N3O3. The Labute approximate surface area is 112 Å². The zero-order valence-electron chi connectivity index (χ0n) is 11.1. The van der Waals surface area contributed by atoms with Crippen LogP contribution >= 0.6 is 0 Å². The van der Waals surface area contributed by atoms with Crippen molar-refractivity contribution in [1.29, 1.82) is 0 Å². The summed E-state index contributed by atoms with van der Waals surface area (Å²) in [6, 6.07) is 4.91. The summed E-state index contributed by atoms with van der Waals surface area (Å²) in [4.78, 5) is 21.7. The van der Waals surface area contributed by atoms with Crippen LogP contribution in [0.4, 0.5) is 5.69 Å². The van der Waals surface area contributed by atoms with Gasteiger partial charge in [-0.25, -0.2) is 5.43 Å². The van der Waals surface area contributed by atoms with Crippen molar-refractivity contribution in [3.05, 3.63) is 29.3 Å². The molecule has 0 spiro atoms. The van der Waals surface area contributed by atoms with Crippen molar-refractivity contribution in [2.75, 3.05) is 5.43 Å². The number of rotatable bonds is 7. The van der Waals surface area contributed by atoms with Crippen LogP contribution in [0, 0.1) is 13.8 Å². The predicted octanol–water partition coefficient (Wildman–Crippen LogP) is 0.939. The summed E-state index contributed by atoms with van der Waals surface area (Å²) in [7, 11) is 0. The first-order valence-electron chi connectivity index (χ1n) is 6.00. The third-order valence-corrected chi connectivity index (χ3v) is 2.74. The Bertz CT molecular complexity index is 474. The summed E-state index contributed by atoms with van der Waals surface area (Å²) in [5, 5.41) is 9.02. The molecule has 1 aromatic carbocycles. The highest BCUT2D eigenvalue weighted by atomic mass is 16.4. The van der Waals surface area contributed by atoms with Gasteiger partial charge < -0.3 is 16.3 Å². The molecule has 0 bridgehead atoms. The molecule has 0 aliphatic carbocycles. The van der Waals surface area contributed by atoms with E-state index in [2.05, 4.69) is 10.9 Å². The number of hydrogen-bond donors (Lipinski definition) is 4. The number of primary amides is 1. The molecule has 1 rings (SSSR count). The fraction of sp³-hybridized carbons (Fsp3) is 0.385. The lowest BCUT2D eigenvalue weighted by Gasteiger charge is -2.17. The number of carboxylic acid groups (broad SMARTS) is 1. The van der Waals surface area contributed by atoms with E-state index in [1.54, 1.807) is 0 Å². The van der Waals surface area contributed by atoms with Gasteiger partial charge in [0.25, 0.3) is 0 Å². The molecular weight excluding hydrogens is 246 g/mol. The maximum absolute atomic E-state index is 11.0. The van der Waals surface area contributed by atoms with Gasteiger partial charge in [0.1, 0.15) is 6.04 Å². The maximum atomic E-state index is 11.0. The molecule has 0 unspecified atom stereocenters. The highest BCUT2D eigenvalue weighted by Crippen LogP contribution is 2.15. The summed E-state index contributed by atoms with van der Waals surface area (Å²) in [5.74, 6) is -1.54. The number of hydrazine groups is 1. The van der Waals surface area contributed by atoms with E-state index in [0.29, 0.717) is 0 Å². The van der Waals surface area contributed by atoms with E-state index in [-0.39, 0.29) is 12.8 Å². The molecule has 6 nitrogen and oxygen atoms in total. The quantitative estimate of drug-likeness (QED) is 0.549. The third-order valence-electron chi connectivity index (χ3n) is 2.74. The summed E-state index contributed by atoms with van der Waals surface area (Å²) in [5.41, 5.74) is 13.5. The summed E-state index contributed by atoms with van der Waals surface area (Å²) >= 11 is 0. The highest BCUT2D eigenvalue weighted by Gasteiger charge is 2.17. The number of amides is 1. The first-order chi connectivity index (χ1) is 8.90. The molecule has 0 aromatic heterocycles. The van der Waals surface area contributed by atoms with Crippen LogP contribution in [0.25, 0.3) is 0 Å². The smallest absolute Gasteiger partial charge is 0.322 e. The van der Waals surface area contributed by atoms with Gasteiger partial charge in [-0.05, 0) is 31.9 Å².